The first kappa shape index (κ1) is 16.8. The minimum atomic E-state index is -0.351. The van der Waals surface area contributed by atoms with E-state index in [-0.39, 0.29) is 24.7 Å². The van der Waals surface area contributed by atoms with Crippen molar-refractivity contribution in [1.29, 1.82) is 0 Å². The zero-order valence-corrected chi connectivity index (χ0v) is 13.3. The summed E-state index contributed by atoms with van der Waals surface area (Å²) in [5, 5.41) is 7.08. The Morgan fingerprint density at radius 1 is 1.26 bits per heavy atom. The Kier molecular flexibility index (Phi) is 5.94. The minimum absolute atomic E-state index is 0.0357. The smallest absolute Gasteiger partial charge is 0.240 e. The number of halogens is 1. The van der Waals surface area contributed by atoms with E-state index < -0.39 is 0 Å². The van der Waals surface area contributed by atoms with E-state index in [2.05, 4.69) is 15.8 Å². The second kappa shape index (κ2) is 8.14. The number of furan rings is 1. The SMILES string of the molecule is Cc1cc(Cl)ccc1NC(=O)CCC(=O)NN=Cc1ccco1. The van der Waals surface area contributed by atoms with Crippen molar-refractivity contribution in [2.75, 3.05) is 5.32 Å². The number of rotatable bonds is 6. The summed E-state index contributed by atoms with van der Waals surface area (Å²) in [6, 6.07) is 8.60. The van der Waals surface area contributed by atoms with Gasteiger partial charge in [0, 0.05) is 23.6 Å². The second-order valence-corrected chi connectivity index (χ2v) is 5.25. The molecule has 0 aliphatic rings. The van der Waals surface area contributed by atoms with Gasteiger partial charge in [-0.05, 0) is 42.8 Å². The molecule has 23 heavy (non-hydrogen) atoms. The van der Waals surface area contributed by atoms with Gasteiger partial charge in [0.2, 0.25) is 11.8 Å². The molecule has 0 aliphatic carbocycles. The lowest BCUT2D eigenvalue weighted by atomic mass is 10.2. The van der Waals surface area contributed by atoms with Crippen molar-refractivity contribution in [2.24, 2.45) is 5.10 Å². The van der Waals surface area contributed by atoms with Crippen LogP contribution in [-0.2, 0) is 9.59 Å². The molecule has 0 aliphatic heterocycles. The summed E-state index contributed by atoms with van der Waals surface area (Å²) < 4.78 is 5.03. The Morgan fingerprint density at radius 2 is 2.04 bits per heavy atom. The van der Waals surface area contributed by atoms with Crippen LogP contribution in [0.15, 0.2) is 46.1 Å². The van der Waals surface area contributed by atoms with Gasteiger partial charge in [-0.2, -0.15) is 5.10 Å². The maximum Gasteiger partial charge on any atom is 0.240 e. The average molecular weight is 334 g/mol. The summed E-state index contributed by atoms with van der Waals surface area (Å²) in [6.45, 7) is 1.84. The molecule has 2 N–H and O–H groups in total. The number of nitrogens with zero attached hydrogens (tertiary/aromatic N) is 1. The third kappa shape index (κ3) is 5.60. The molecular formula is C16H16ClN3O3. The topological polar surface area (TPSA) is 83.7 Å². The zero-order valence-electron chi connectivity index (χ0n) is 12.5. The Bertz CT molecular complexity index is 711. The molecule has 0 saturated carbocycles. The fourth-order valence-electron chi connectivity index (χ4n) is 1.80. The number of benzene rings is 1. The fourth-order valence-corrected chi connectivity index (χ4v) is 2.02. The molecule has 0 fully saturated rings. The highest BCUT2D eigenvalue weighted by atomic mass is 35.5. The Balaban J connectivity index is 1.74. The maximum atomic E-state index is 11.8. The van der Waals surface area contributed by atoms with Crippen molar-refractivity contribution in [3.8, 4) is 0 Å². The van der Waals surface area contributed by atoms with Gasteiger partial charge in [-0.25, -0.2) is 5.43 Å². The van der Waals surface area contributed by atoms with Gasteiger partial charge in [-0.15, -0.1) is 0 Å². The van der Waals surface area contributed by atoms with E-state index >= 15 is 0 Å². The first-order valence-corrected chi connectivity index (χ1v) is 7.34. The van der Waals surface area contributed by atoms with Gasteiger partial charge in [-0.1, -0.05) is 11.6 Å². The molecule has 0 saturated heterocycles. The van der Waals surface area contributed by atoms with Crippen LogP contribution in [0, 0.1) is 6.92 Å². The van der Waals surface area contributed by atoms with E-state index in [0.717, 1.165) is 5.56 Å². The second-order valence-electron chi connectivity index (χ2n) is 4.82. The molecular weight excluding hydrogens is 318 g/mol. The van der Waals surface area contributed by atoms with E-state index in [9.17, 15) is 9.59 Å². The highest BCUT2D eigenvalue weighted by molar-refractivity contribution is 6.30. The first-order chi connectivity index (χ1) is 11.0. The molecule has 1 aromatic heterocycles. The molecule has 6 nitrogen and oxygen atoms in total. The Hall–Kier alpha value is -2.60. The number of carbonyl (C=O) groups excluding carboxylic acids is 2. The number of carbonyl (C=O) groups is 2. The standard InChI is InChI=1S/C16H16ClN3O3/c1-11-9-12(17)4-5-14(11)19-15(21)6-7-16(22)20-18-10-13-3-2-8-23-13/h2-5,8-10H,6-7H2,1H3,(H,19,21)(H,20,22). The van der Waals surface area contributed by atoms with Crippen molar-refractivity contribution >= 4 is 35.3 Å². The molecule has 2 aromatic rings. The number of hydrazone groups is 1. The number of hydrogen-bond donors (Lipinski definition) is 2. The molecule has 120 valence electrons. The number of hydrogen-bond acceptors (Lipinski definition) is 4. The molecule has 0 spiro atoms. The van der Waals surface area contributed by atoms with E-state index in [1.165, 1.54) is 12.5 Å². The zero-order chi connectivity index (χ0) is 16.7. The van der Waals surface area contributed by atoms with Crippen molar-refractivity contribution in [1.82, 2.24) is 5.43 Å². The monoisotopic (exact) mass is 333 g/mol. The number of nitrogens with one attached hydrogen (secondary N) is 2. The summed E-state index contributed by atoms with van der Waals surface area (Å²) in [5.41, 5.74) is 3.87. The van der Waals surface area contributed by atoms with Gasteiger partial charge in [0.1, 0.15) is 5.76 Å². The van der Waals surface area contributed by atoms with Crippen LogP contribution in [0.3, 0.4) is 0 Å². The van der Waals surface area contributed by atoms with Crippen molar-refractivity contribution in [3.63, 3.8) is 0 Å². The van der Waals surface area contributed by atoms with Crippen molar-refractivity contribution < 1.29 is 14.0 Å². The molecule has 1 aromatic carbocycles. The van der Waals surface area contributed by atoms with E-state index in [4.69, 9.17) is 16.0 Å². The Morgan fingerprint density at radius 3 is 2.74 bits per heavy atom. The van der Waals surface area contributed by atoms with Crippen LogP contribution in [0.4, 0.5) is 5.69 Å². The van der Waals surface area contributed by atoms with Gasteiger partial charge >= 0.3 is 0 Å². The molecule has 2 amide bonds. The van der Waals surface area contributed by atoms with Crippen molar-refractivity contribution in [2.45, 2.75) is 19.8 Å². The summed E-state index contributed by atoms with van der Waals surface area (Å²) in [6.07, 6.45) is 2.99. The predicted octanol–water partition coefficient (Wildman–Crippen LogP) is 3.11. The highest BCUT2D eigenvalue weighted by Gasteiger charge is 2.08. The third-order valence-electron chi connectivity index (χ3n) is 2.97. The van der Waals surface area contributed by atoms with Gasteiger partial charge in [0.05, 0.1) is 12.5 Å². The highest BCUT2D eigenvalue weighted by Crippen LogP contribution is 2.19. The molecule has 0 bridgehead atoms. The first-order valence-electron chi connectivity index (χ1n) is 6.96. The average Bonchev–Trinajstić information content (AvgIpc) is 3.01. The molecule has 2 rings (SSSR count). The molecule has 1 heterocycles. The van der Waals surface area contributed by atoms with Crippen LogP contribution in [0.1, 0.15) is 24.2 Å². The number of anilines is 1. The number of amides is 2. The quantitative estimate of drug-likeness (QED) is 0.629. The lowest BCUT2D eigenvalue weighted by molar-refractivity contribution is -0.124. The van der Waals surface area contributed by atoms with Crippen LogP contribution < -0.4 is 10.7 Å². The lowest BCUT2D eigenvalue weighted by Crippen LogP contribution is -2.20. The van der Waals surface area contributed by atoms with Crippen molar-refractivity contribution in [3.05, 3.63) is 52.9 Å². The summed E-state index contributed by atoms with van der Waals surface area (Å²) in [4.78, 5) is 23.4. The van der Waals surface area contributed by atoms with Gasteiger partial charge in [0.25, 0.3) is 0 Å². The normalized spacial score (nSPS) is 10.7. The maximum absolute atomic E-state index is 11.8. The molecule has 0 radical (unpaired) electrons. The predicted molar refractivity (Wildman–Crippen MR) is 88.5 cm³/mol. The van der Waals surface area contributed by atoms with E-state index in [1.807, 2.05) is 6.92 Å². The van der Waals surface area contributed by atoms with Gasteiger partial charge in [-0.3, -0.25) is 9.59 Å². The molecule has 0 atom stereocenters. The summed E-state index contributed by atoms with van der Waals surface area (Å²) >= 11 is 5.86. The Labute approximate surface area is 138 Å². The fraction of sp³-hybridized carbons (Fsp3) is 0.188. The molecule has 0 unspecified atom stereocenters. The molecule has 7 heteroatoms. The summed E-state index contributed by atoms with van der Waals surface area (Å²) in [7, 11) is 0. The van der Waals surface area contributed by atoms with Crippen LogP contribution in [-0.4, -0.2) is 18.0 Å². The third-order valence-corrected chi connectivity index (χ3v) is 3.20. The van der Waals surface area contributed by atoms with Crippen LogP contribution >= 0.6 is 11.6 Å². The minimum Gasteiger partial charge on any atom is -0.463 e. The lowest BCUT2D eigenvalue weighted by Gasteiger charge is -2.08. The van der Waals surface area contributed by atoms with Crippen LogP contribution in [0.5, 0.6) is 0 Å². The van der Waals surface area contributed by atoms with Crippen LogP contribution in [0.25, 0.3) is 0 Å². The van der Waals surface area contributed by atoms with E-state index in [0.29, 0.717) is 16.5 Å². The van der Waals surface area contributed by atoms with Crippen LogP contribution in [0.2, 0.25) is 5.02 Å². The van der Waals surface area contributed by atoms with Gasteiger partial charge < -0.3 is 9.73 Å². The summed E-state index contributed by atoms with van der Waals surface area (Å²) in [5.74, 6) is -0.0716. The number of aryl methyl sites for hydroxylation is 1. The van der Waals surface area contributed by atoms with Gasteiger partial charge in [0.15, 0.2) is 0 Å². The van der Waals surface area contributed by atoms with E-state index in [1.54, 1.807) is 30.3 Å². The largest absolute Gasteiger partial charge is 0.463 e.